The van der Waals surface area contributed by atoms with E-state index in [0.717, 1.165) is 57.8 Å². The van der Waals surface area contributed by atoms with Gasteiger partial charge in [-0.25, -0.2) is 0 Å². The highest BCUT2D eigenvalue weighted by Crippen LogP contribution is 2.24. The minimum atomic E-state index is -4.59. The van der Waals surface area contributed by atoms with Gasteiger partial charge in [0.2, 0.25) is 0 Å². The Balaban J connectivity index is 2.52. The largest absolute Gasteiger partial charge is 0.462 e. The van der Waals surface area contributed by atoms with Crippen molar-refractivity contribution in [2.45, 2.75) is 198 Å². The van der Waals surface area contributed by atoms with Crippen LogP contribution in [0, 0.1) is 0 Å². The number of aliphatic hydroxyl groups excluding tert-OH is 3. The lowest BCUT2D eigenvalue weighted by Crippen LogP contribution is -2.60. The van der Waals surface area contributed by atoms with Crippen LogP contribution in [0.3, 0.4) is 0 Å². The first-order valence-corrected chi connectivity index (χ1v) is 21.4. The first-order valence-electron chi connectivity index (χ1n) is 19.7. The maximum absolute atomic E-state index is 12.7. The molecule has 1 heterocycles. The molecule has 1 fully saturated rings. The molecule has 1 aliphatic heterocycles. The van der Waals surface area contributed by atoms with Gasteiger partial charge in [0.25, 0.3) is 10.1 Å². The number of carbonyl (C=O) groups excluding carboxylic acids is 2. The van der Waals surface area contributed by atoms with Gasteiger partial charge in [0.1, 0.15) is 36.8 Å². The molecule has 300 valence electrons. The Morgan fingerprint density at radius 3 is 1.67 bits per heavy atom. The van der Waals surface area contributed by atoms with Crippen molar-refractivity contribution in [3.05, 3.63) is 12.2 Å². The van der Waals surface area contributed by atoms with Crippen molar-refractivity contribution in [2.75, 3.05) is 19.0 Å². The van der Waals surface area contributed by atoms with Crippen LogP contribution in [0.25, 0.3) is 0 Å². The van der Waals surface area contributed by atoms with Gasteiger partial charge in [-0.3, -0.25) is 14.1 Å². The minimum Gasteiger partial charge on any atom is -0.462 e. The van der Waals surface area contributed by atoms with Crippen molar-refractivity contribution < 1.29 is 56.8 Å². The molecule has 13 heteroatoms. The second kappa shape index (κ2) is 29.8. The van der Waals surface area contributed by atoms with E-state index in [0.29, 0.717) is 12.8 Å². The molecular formula is C38H70O12S. The van der Waals surface area contributed by atoms with E-state index in [1.807, 2.05) is 0 Å². The van der Waals surface area contributed by atoms with Crippen LogP contribution in [0.5, 0.6) is 0 Å². The molecule has 0 aromatic carbocycles. The standard InChI is InChI=1S/C38H70O12S/c1-3-5-7-9-11-13-15-17-18-20-22-24-26-33(39)47-28-31(49-34(40)27-25-23-21-19-16-14-12-10-8-6-4-2)29-48-38-37(43)36(42)35(41)32(50-38)30-51(44,45)46/h11,13,31-32,35-38,41-43H,3-10,12,14-30H2,1-2H3,(H,44,45,46)/b13-11+/t31-,32-,35-,36?,37?,38+/m1/s1. The van der Waals surface area contributed by atoms with Crippen LogP contribution in [-0.2, 0) is 38.7 Å². The number of rotatable bonds is 32. The molecule has 0 radical (unpaired) electrons. The highest BCUT2D eigenvalue weighted by Gasteiger charge is 2.46. The van der Waals surface area contributed by atoms with Gasteiger partial charge >= 0.3 is 11.9 Å². The summed E-state index contributed by atoms with van der Waals surface area (Å²) in [5.74, 6) is -1.99. The molecule has 6 atom stereocenters. The fourth-order valence-electron chi connectivity index (χ4n) is 5.96. The number of hydrogen-bond donors (Lipinski definition) is 4. The molecule has 0 aromatic rings. The van der Waals surface area contributed by atoms with Crippen LogP contribution in [0.2, 0.25) is 0 Å². The van der Waals surface area contributed by atoms with Crippen molar-refractivity contribution in [2.24, 2.45) is 0 Å². The van der Waals surface area contributed by atoms with E-state index in [4.69, 9.17) is 18.9 Å². The van der Waals surface area contributed by atoms with Crippen molar-refractivity contribution in [3.8, 4) is 0 Å². The first kappa shape index (κ1) is 47.4. The summed E-state index contributed by atoms with van der Waals surface area (Å²) in [6.45, 7) is 3.69. The van der Waals surface area contributed by atoms with E-state index >= 15 is 0 Å². The number of ether oxygens (including phenoxy) is 4. The molecule has 0 saturated carbocycles. The zero-order valence-corrected chi connectivity index (χ0v) is 32.3. The summed E-state index contributed by atoms with van der Waals surface area (Å²) >= 11 is 0. The summed E-state index contributed by atoms with van der Waals surface area (Å²) in [6, 6.07) is 0. The molecule has 0 spiro atoms. The summed E-state index contributed by atoms with van der Waals surface area (Å²) in [4.78, 5) is 25.2. The number of esters is 2. The Kier molecular flexibility index (Phi) is 27.7. The number of hydrogen-bond acceptors (Lipinski definition) is 11. The highest BCUT2D eigenvalue weighted by atomic mass is 32.2. The van der Waals surface area contributed by atoms with Crippen molar-refractivity contribution >= 4 is 22.1 Å². The van der Waals surface area contributed by atoms with Crippen LogP contribution in [0.15, 0.2) is 12.2 Å². The van der Waals surface area contributed by atoms with Gasteiger partial charge in [-0.2, -0.15) is 8.42 Å². The summed E-state index contributed by atoms with van der Waals surface area (Å²) in [6.07, 6.45) is 18.4. The third-order valence-corrected chi connectivity index (χ3v) is 9.85. The van der Waals surface area contributed by atoms with Crippen LogP contribution in [-0.4, -0.2) is 96.0 Å². The zero-order chi connectivity index (χ0) is 37.7. The third kappa shape index (κ3) is 25.1. The molecule has 1 rings (SSSR count). The lowest BCUT2D eigenvalue weighted by atomic mass is 10.00. The second-order valence-corrected chi connectivity index (χ2v) is 15.4. The summed E-state index contributed by atoms with van der Waals surface area (Å²) in [5.41, 5.74) is 0. The van der Waals surface area contributed by atoms with Gasteiger partial charge in [-0.05, 0) is 38.5 Å². The first-order chi connectivity index (χ1) is 24.5. The van der Waals surface area contributed by atoms with E-state index in [1.165, 1.54) is 64.2 Å². The predicted octanol–water partition coefficient (Wildman–Crippen LogP) is 6.72. The second-order valence-electron chi connectivity index (χ2n) is 14.0. The Hall–Kier alpha value is -1.61. The number of allylic oxidation sites excluding steroid dienone is 2. The molecular weight excluding hydrogens is 680 g/mol. The lowest BCUT2D eigenvalue weighted by molar-refractivity contribution is -0.297. The van der Waals surface area contributed by atoms with E-state index in [1.54, 1.807) is 0 Å². The molecule has 1 aliphatic rings. The highest BCUT2D eigenvalue weighted by molar-refractivity contribution is 7.85. The molecule has 12 nitrogen and oxygen atoms in total. The van der Waals surface area contributed by atoms with Crippen molar-refractivity contribution in [1.29, 1.82) is 0 Å². The van der Waals surface area contributed by atoms with Gasteiger partial charge in [0, 0.05) is 12.8 Å². The SMILES string of the molecule is CCCCC/C=C/CCCCCCCC(=O)OC[C@H](CO[C@H]1O[C@H](CS(=O)(=O)O)[C@@H](O)C(O)C1O)OC(=O)CCCCCCCCCCCCC. The van der Waals surface area contributed by atoms with Gasteiger partial charge in [0.15, 0.2) is 12.4 Å². The molecule has 0 aromatic heterocycles. The molecule has 51 heavy (non-hydrogen) atoms. The minimum absolute atomic E-state index is 0.167. The molecule has 0 bridgehead atoms. The monoisotopic (exact) mass is 750 g/mol. The Labute approximate surface area is 307 Å². The zero-order valence-electron chi connectivity index (χ0n) is 31.5. The molecule has 0 amide bonds. The van der Waals surface area contributed by atoms with E-state index in [2.05, 4.69) is 26.0 Å². The van der Waals surface area contributed by atoms with E-state index in [-0.39, 0.29) is 19.4 Å². The summed E-state index contributed by atoms with van der Waals surface area (Å²) in [7, 11) is -4.59. The maximum atomic E-state index is 12.7. The fourth-order valence-corrected chi connectivity index (χ4v) is 6.65. The van der Waals surface area contributed by atoms with E-state index in [9.17, 15) is 37.9 Å². The number of carbonyl (C=O) groups is 2. The third-order valence-electron chi connectivity index (χ3n) is 9.10. The smallest absolute Gasteiger partial charge is 0.306 e. The quantitative estimate of drug-likeness (QED) is 0.0247. The Morgan fingerprint density at radius 2 is 1.12 bits per heavy atom. The lowest BCUT2D eigenvalue weighted by Gasteiger charge is -2.40. The predicted molar refractivity (Wildman–Crippen MR) is 197 cm³/mol. The topological polar surface area (TPSA) is 186 Å². The summed E-state index contributed by atoms with van der Waals surface area (Å²) < 4.78 is 53.8. The van der Waals surface area contributed by atoms with E-state index < -0.39 is 71.2 Å². The van der Waals surface area contributed by atoms with Crippen LogP contribution < -0.4 is 0 Å². The van der Waals surface area contributed by atoms with Crippen LogP contribution in [0.1, 0.15) is 162 Å². The molecule has 1 saturated heterocycles. The number of unbranched alkanes of at least 4 members (excludes halogenated alkanes) is 18. The summed E-state index contributed by atoms with van der Waals surface area (Å²) in [5, 5.41) is 30.7. The maximum Gasteiger partial charge on any atom is 0.306 e. The van der Waals surface area contributed by atoms with Crippen LogP contribution >= 0.6 is 0 Å². The average Bonchev–Trinajstić information content (AvgIpc) is 3.09. The van der Waals surface area contributed by atoms with Gasteiger partial charge in [-0.15, -0.1) is 0 Å². The normalized spacial score (nSPS) is 21.6. The number of aliphatic hydroxyl groups is 3. The Bertz CT molecular complexity index is 1020. The molecule has 4 N–H and O–H groups in total. The van der Waals surface area contributed by atoms with Crippen molar-refractivity contribution in [3.63, 3.8) is 0 Å². The molecule has 0 aliphatic carbocycles. The van der Waals surface area contributed by atoms with Crippen molar-refractivity contribution in [1.82, 2.24) is 0 Å². The average molecular weight is 751 g/mol. The molecule has 2 unspecified atom stereocenters. The van der Waals surface area contributed by atoms with Crippen LogP contribution in [0.4, 0.5) is 0 Å². The van der Waals surface area contributed by atoms with Gasteiger partial charge in [0.05, 0.1) is 6.61 Å². The van der Waals surface area contributed by atoms with Gasteiger partial charge in [-0.1, -0.05) is 122 Å². The fraction of sp³-hybridized carbons (Fsp3) is 0.895. The van der Waals surface area contributed by atoms with Gasteiger partial charge < -0.3 is 34.3 Å². The Morgan fingerprint density at radius 1 is 0.647 bits per heavy atom.